The van der Waals surface area contributed by atoms with Crippen LogP contribution in [0.1, 0.15) is 46.0 Å². The summed E-state index contributed by atoms with van der Waals surface area (Å²) in [6.07, 6.45) is 5.28. The molecule has 106 valence electrons. The third kappa shape index (κ3) is 5.87. The van der Waals surface area contributed by atoms with E-state index in [0.29, 0.717) is 5.71 Å². The SMILES string of the molecule is CCCCCCC(C)=NOS(=O)(=O)c1ccccc1. The standard InChI is InChI=1S/C14H21NO3S/c1-3-4-5-7-10-13(2)15-18-19(16,17)14-11-8-6-9-12-14/h6,8-9,11-12H,3-5,7,10H2,1-2H3. The molecule has 1 aromatic carbocycles. The zero-order chi connectivity index (χ0) is 14.1. The van der Waals surface area contributed by atoms with E-state index in [0.717, 1.165) is 19.3 Å². The van der Waals surface area contributed by atoms with Gasteiger partial charge in [-0.15, -0.1) is 0 Å². The highest BCUT2D eigenvalue weighted by Gasteiger charge is 2.14. The van der Waals surface area contributed by atoms with E-state index in [9.17, 15) is 8.42 Å². The van der Waals surface area contributed by atoms with Crippen molar-refractivity contribution >= 4 is 15.8 Å². The molecule has 4 nitrogen and oxygen atoms in total. The lowest BCUT2D eigenvalue weighted by molar-refractivity contribution is 0.337. The molecule has 0 aliphatic carbocycles. The zero-order valence-electron chi connectivity index (χ0n) is 11.5. The summed E-state index contributed by atoms with van der Waals surface area (Å²) in [5, 5.41) is 3.70. The molecular formula is C14H21NO3S. The van der Waals surface area contributed by atoms with Crippen LogP contribution in [-0.4, -0.2) is 14.1 Å². The summed E-state index contributed by atoms with van der Waals surface area (Å²) in [5.74, 6) is 0. The van der Waals surface area contributed by atoms with E-state index in [1.807, 2.05) is 0 Å². The van der Waals surface area contributed by atoms with Crippen LogP contribution < -0.4 is 0 Å². The summed E-state index contributed by atoms with van der Waals surface area (Å²) >= 11 is 0. The first kappa shape index (κ1) is 15.7. The molecule has 1 aromatic rings. The summed E-state index contributed by atoms with van der Waals surface area (Å²) in [6, 6.07) is 8.03. The maximum Gasteiger partial charge on any atom is 0.358 e. The second-order valence-electron chi connectivity index (χ2n) is 4.48. The first-order valence-electron chi connectivity index (χ1n) is 6.58. The number of unbranched alkanes of at least 4 members (excludes halogenated alkanes) is 3. The van der Waals surface area contributed by atoms with E-state index in [1.165, 1.54) is 25.0 Å². The van der Waals surface area contributed by atoms with E-state index < -0.39 is 10.1 Å². The Balaban J connectivity index is 2.50. The molecule has 0 saturated carbocycles. The number of hydrogen-bond donors (Lipinski definition) is 0. The van der Waals surface area contributed by atoms with Crippen LogP contribution in [0.4, 0.5) is 0 Å². The van der Waals surface area contributed by atoms with Crippen LogP contribution in [0.2, 0.25) is 0 Å². The van der Waals surface area contributed by atoms with Crippen LogP contribution in [0.5, 0.6) is 0 Å². The van der Waals surface area contributed by atoms with Gasteiger partial charge in [0.2, 0.25) is 0 Å². The molecule has 0 amide bonds. The summed E-state index contributed by atoms with van der Waals surface area (Å²) in [4.78, 5) is 0.123. The van der Waals surface area contributed by atoms with E-state index in [4.69, 9.17) is 4.28 Å². The molecule has 0 saturated heterocycles. The summed E-state index contributed by atoms with van der Waals surface area (Å²) in [7, 11) is -3.78. The van der Waals surface area contributed by atoms with Gasteiger partial charge in [0.05, 0.1) is 5.71 Å². The van der Waals surface area contributed by atoms with Crippen LogP contribution >= 0.6 is 0 Å². The molecule has 0 radical (unpaired) electrons. The van der Waals surface area contributed by atoms with Gasteiger partial charge in [0, 0.05) is 0 Å². The van der Waals surface area contributed by atoms with Crippen molar-refractivity contribution in [1.29, 1.82) is 0 Å². The van der Waals surface area contributed by atoms with E-state index in [2.05, 4.69) is 12.1 Å². The van der Waals surface area contributed by atoms with Crippen molar-refractivity contribution in [3.8, 4) is 0 Å². The van der Waals surface area contributed by atoms with Gasteiger partial charge in [-0.3, -0.25) is 4.28 Å². The second-order valence-corrected chi connectivity index (χ2v) is 6.01. The highest BCUT2D eigenvalue weighted by atomic mass is 32.2. The lowest BCUT2D eigenvalue weighted by atomic mass is 10.1. The van der Waals surface area contributed by atoms with Crippen LogP contribution in [0.15, 0.2) is 40.4 Å². The third-order valence-corrected chi connectivity index (χ3v) is 3.84. The molecule has 1 rings (SSSR count). The lowest BCUT2D eigenvalue weighted by Crippen LogP contribution is -2.04. The number of oxime groups is 1. The Hall–Kier alpha value is -1.36. The topological polar surface area (TPSA) is 55.7 Å². The van der Waals surface area contributed by atoms with Gasteiger partial charge >= 0.3 is 10.1 Å². The van der Waals surface area contributed by atoms with Gasteiger partial charge in [-0.2, -0.15) is 8.42 Å². The van der Waals surface area contributed by atoms with Crippen molar-refractivity contribution in [2.24, 2.45) is 5.16 Å². The Labute approximate surface area is 115 Å². The summed E-state index contributed by atoms with van der Waals surface area (Å²) in [6.45, 7) is 3.93. The average Bonchev–Trinajstić information content (AvgIpc) is 2.42. The van der Waals surface area contributed by atoms with Gasteiger partial charge in [-0.1, -0.05) is 49.5 Å². The minimum absolute atomic E-state index is 0.123. The predicted molar refractivity (Wildman–Crippen MR) is 76.6 cm³/mol. The Kier molecular flexibility index (Phi) is 6.56. The first-order chi connectivity index (χ1) is 9.06. The van der Waals surface area contributed by atoms with Crippen LogP contribution in [0.25, 0.3) is 0 Å². The number of nitrogens with zero attached hydrogens (tertiary/aromatic N) is 1. The van der Waals surface area contributed by atoms with E-state index in [1.54, 1.807) is 25.1 Å². The Morgan fingerprint density at radius 1 is 1.16 bits per heavy atom. The predicted octanol–water partition coefficient (Wildman–Crippen LogP) is 3.74. The van der Waals surface area contributed by atoms with E-state index in [-0.39, 0.29) is 4.90 Å². The summed E-state index contributed by atoms with van der Waals surface area (Å²) < 4.78 is 28.3. The van der Waals surface area contributed by atoms with Crippen molar-refractivity contribution in [1.82, 2.24) is 0 Å². The molecule has 0 aromatic heterocycles. The molecule has 0 N–H and O–H groups in total. The first-order valence-corrected chi connectivity index (χ1v) is 7.99. The molecule has 19 heavy (non-hydrogen) atoms. The smallest absolute Gasteiger partial charge is 0.265 e. The average molecular weight is 283 g/mol. The number of hydrogen-bond acceptors (Lipinski definition) is 4. The highest BCUT2D eigenvalue weighted by molar-refractivity contribution is 7.86. The maximum absolute atomic E-state index is 11.8. The minimum Gasteiger partial charge on any atom is -0.265 e. The lowest BCUT2D eigenvalue weighted by Gasteiger charge is -2.03. The van der Waals surface area contributed by atoms with Crippen molar-refractivity contribution in [2.45, 2.75) is 50.8 Å². The van der Waals surface area contributed by atoms with Gasteiger partial charge in [0.1, 0.15) is 4.90 Å². The zero-order valence-corrected chi connectivity index (χ0v) is 12.3. The van der Waals surface area contributed by atoms with Crippen molar-refractivity contribution < 1.29 is 12.7 Å². The van der Waals surface area contributed by atoms with Gasteiger partial charge < -0.3 is 0 Å². The fourth-order valence-electron chi connectivity index (χ4n) is 1.60. The number of benzene rings is 1. The molecular weight excluding hydrogens is 262 g/mol. The molecule has 0 aliphatic rings. The van der Waals surface area contributed by atoms with Gasteiger partial charge in [-0.05, 0) is 31.9 Å². The van der Waals surface area contributed by atoms with Crippen LogP contribution in [-0.2, 0) is 14.4 Å². The van der Waals surface area contributed by atoms with Crippen molar-refractivity contribution in [3.63, 3.8) is 0 Å². The molecule has 0 spiro atoms. The quantitative estimate of drug-likeness (QED) is 0.415. The van der Waals surface area contributed by atoms with Crippen LogP contribution in [0, 0.1) is 0 Å². The maximum atomic E-state index is 11.8. The Bertz CT molecular complexity index is 495. The monoisotopic (exact) mass is 283 g/mol. The fourth-order valence-corrected chi connectivity index (χ4v) is 2.40. The molecule has 0 heterocycles. The van der Waals surface area contributed by atoms with Gasteiger partial charge in [-0.25, -0.2) is 0 Å². The van der Waals surface area contributed by atoms with Crippen molar-refractivity contribution in [3.05, 3.63) is 30.3 Å². The van der Waals surface area contributed by atoms with Gasteiger partial charge in [0.25, 0.3) is 0 Å². The molecule has 0 bridgehead atoms. The number of rotatable bonds is 8. The highest BCUT2D eigenvalue weighted by Crippen LogP contribution is 2.12. The van der Waals surface area contributed by atoms with Crippen molar-refractivity contribution in [2.75, 3.05) is 0 Å². The van der Waals surface area contributed by atoms with Gasteiger partial charge in [0.15, 0.2) is 0 Å². The minimum atomic E-state index is -3.78. The molecule has 0 atom stereocenters. The largest absolute Gasteiger partial charge is 0.358 e. The molecule has 0 fully saturated rings. The summed E-state index contributed by atoms with van der Waals surface area (Å²) in [5.41, 5.74) is 0.704. The molecule has 0 unspecified atom stereocenters. The third-order valence-electron chi connectivity index (χ3n) is 2.72. The Morgan fingerprint density at radius 3 is 2.47 bits per heavy atom. The van der Waals surface area contributed by atoms with E-state index >= 15 is 0 Å². The molecule has 5 heteroatoms. The normalized spacial score (nSPS) is 12.4. The Morgan fingerprint density at radius 2 is 1.84 bits per heavy atom. The van der Waals surface area contributed by atoms with Crippen LogP contribution in [0.3, 0.4) is 0 Å². The second kappa shape index (κ2) is 7.94. The molecule has 0 aliphatic heterocycles. The fraction of sp³-hybridized carbons (Fsp3) is 0.500.